The average Bonchev–Trinajstić information content (AvgIpc) is 2.39. The van der Waals surface area contributed by atoms with Gasteiger partial charge in [0, 0.05) is 19.0 Å². The Labute approximate surface area is 116 Å². The van der Waals surface area contributed by atoms with E-state index in [1.54, 1.807) is 13.0 Å². The first kappa shape index (κ1) is 18.1. The Bertz CT molecular complexity index is 256. The van der Waals surface area contributed by atoms with Gasteiger partial charge in [0.1, 0.15) is 0 Å². The number of nitrogens with one attached hydrogen (secondary N) is 1. The smallest absolute Gasteiger partial charge is 0.332 e. The van der Waals surface area contributed by atoms with E-state index in [-0.39, 0.29) is 6.61 Å². The highest BCUT2D eigenvalue weighted by molar-refractivity contribution is 5.81. The van der Waals surface area contributed by atoms with Crippen LogP contribution in [0.25, 0.3) is 0 Å². The van der Waals surface area contributed by atoms with E-state index in [9.17, 15) is 9.90 Å². The first-order valence-corrected chi connectivity index (χ1v) is 6.97. The number of esters is 1. The van der Waals surface area contributed by atoms with Crippen LogP contribution < -0.4 is 5.32 Å². The van der Waals surface area contributed by atoms with Gasteiger partial charge in [0.2, 0.25) is 6.29 Å². The fraction of sp³-hybridized carbons (Fsp3) is 0.786. The summed E-state index contributed by atoms with van der Waals surface area (Å²) >= 11 is 0. The van der Waals surface area contributed by atoms with Crippen LogP contribution in [-0.2, 0) is 14.3 Å². The molecular formula is C14H27NO4. The molecule has 0 aromatic carbocycles. The highest BCUT2D eigenvalue weighted by Gasteiger charge is 2.13. The Kier molecular flexibility index (Phi) is 11.6. The lowest BCUT2D eigenvalue weighted by Crippen LogP contribution is -2.33. The first-order chi connectivity index (χ1) is 9.13. The lowest BCUT2D eigenvalue weighted by Gasteiger charge is -2.18. The second-order valence-electron chi connectivity index (χ2n) is 4.32. The van der Waals surface area contributed by atoms with Gasteiger partial charge in [0.05, 0.1) is 12.7 Å². The van der Waals surface area contributed by atoms with Crippen LogP contribution >= 0.6 is 0 Å². The van der Waals surface area contributed by atoms with Crippen LogP contribution in [-0.4, -0.2) is 43.2 Å². The van der Waals surface area contributed by atoms with E-state index < -0.39 is 18.4 Å². The van der Waals surface area contributed by atoms with Gasteiger partial charge in [-0.15, -0.1) is 0 Å². The Balaban J connectivity index is 3.77. The van der Waals surface area contributed by atoms with Gasteiger partial charge >= 0.3 is 5.97 Å². The number of rotatable bonds is 11. The summed E-state index contributed by atoms with van der Waals surface area (Å²) in [5.74, 6) is -0.426. The van der Waals surface area contributed by atoms with E-state index in [0.29, 0.717) is 13.0 Å². The third-order valence-electron chi connectivity index (χ3n) is 2.45. The molecule has 0 fully saturated rings. The Morgan fingerprint density at radius 1 is 1.42 bits per heavy atom. The zero-order valence-corrected chi connectivity index (χ0v) is 12.2. The summed E-state index contributed by atoms with van der Waals surface area (Å²) < 4.78 is 10.4. The summed E-state index contributed by atoms with van der Waals surface area (Å²) in [5, 5.41) is 12.8. The van der Waals surface area contributed by atoms with Crippen LogP contribution in [0.5, 0.6) is 0 Å². The normalized spacial score (nSPS) is 14.5. The van der Waals surface area contributed by atoms with Crippen molar-refractivity contribution in [2.45, 2.75) is 52.4 Å². The molecule has 5 nitrogen and oxygen atoms in total. The summed E-state index contributed by atoms with van der Waals surface area (Å²) in [7, 11) is 0. The number of hydrogen-bond donors (Lipinski definition) is 2. The van der Waals surface area contributed by atoms with Crippen molar-refractivity contribution in [3.8, 4) is 0 Å². The maximum absolute atomic E-state index is 11.2. The van der Waals surface area contributed by atoms with Gasteiger partial charge < -0.3 is 19.9 Å². The summed E-state index contributed by atoms with van der Waals surface area (Å²) in [6.45, 7) is 7.25. The third kappa shape index (κ3) is 10.7. The quantitative estimate of drug-likeness (QED) is 0.259. The standard InChI is InChI=1S/C14H27NO4/c1-4-7-9-15-10-12(16)11-18-14(6-3)19-13(17)8-5-2/h5,8,12,14-16H,4,6-7,9-11H2,1-3H3. The van der Waals surface area contributed by atoms with Gasteiger partial charge in [-0.1, -0.05) is 26.3 Å². The molecule has 0 bridgehead atoms. The highest BCUT2D eigenvalue weighted by Crippen LogP contribution is 2.02. The number of carbonyl (C=O) groups is 1. The molecular weight excluding hydrogens is 246 g/mol. The van der Waals surface area contributed by atoms with Crippen LogP contribution in [0.1, 0.15) is 40.0 Å². The molecule has 0 aromatic heterocycles. The first-order valence-electron chi connectivity index (χ1n) is 6.97. The minimum Gasteiger partial charge on any atom is -0.433 e. The number of carbonyl (C=O) groups excluding carboxylic acids is 1. The second kappa shape index (κ2) is 12.1. The van der Waals surface area contributed by atoms with Crippen molar-refractivity contribution in [3.05, 3.63) is 12.2 Å². The lowest BCUT2D eigenvalue weighted by molar-refractivity contribution is -0.178. The Hall–Kier alpha value is -0.910. The molecule has 0 spiro atoms. The number of ether oxygens (including phenoxy) is 2. The second-order valence-corrected chi connectivity index (χ2v) is 4.32. The third-order valence-corrected chi connectivity index (χ3v) is 2.45. The molecule has 112 valence electrons. The predicted molar refractivity (Wildman–Crippen MR) is 74.7 cm³/mol. The average molecular weight is 273 g/mol. The van der Waals surface area contributed by atoms with Crippen LogP contribution in [0, 0.1) is 0 Å². The van der Waals surface area contributed by atoms with Crippen molar-refractivity contribution in [3.63, 3.8) is 0 Å². The topological polar surface area (TPSA) is 67.8 Å². The number of hydrogen-bond acceptors (Lipinski definition) is 5. The summed E-state index contributed by atoms with van der Waals surface area (Å²) in [6.07, 6.45) is 4.53. The monoisotopic (exact) mass is 273 g/mol. The van der Waals surface area contributed by atoms with Crippen molar-refractivity contribution in [1.82, 2.24) is 5.32 Å². The Morgan fingerprint density at radius 2 is 2.16 bits per heavy atom. The predicted octanol–water partition coefficient (Wildman–Crippen LogP) is 1.61. The van der Waals surface area contributed by atoms with Gasteiger partial charge in [0.15, 0.2) is 0 Å². The van der Waals surface area contributed by atoms with Crippen molar-refractivity contribution in [1.29, 1.82) is 0 Å². The van der Waals surface area contributed by atoms with Gasteiger partial charge in [-0.05, 0) is 19.9 Å². The summed E-state index contributed by atoms with van der Waals surface area (Å²) in [5.41, 5.74) is 0. The van der Waals surface area contributed by atoms with Crippen LogP contribution in [0.15, 0.2) is 12.2 Å². The van der Waals surface area contributed by atoms with Gasteiger partial charge in [-0.3, -0.25) is 0 Å². The largest absolute Gasteiger partial charge is 0.433 e. The van der Waals surface area contributed by atoms with E-state index in [4.69, 9.17) is 9.47 Å². The molecule has 0 radical (unpaired) electrons. The maximum Gasteiger partial charge on any atom is 0.332 e. The van der Waals surface area contributed by atoms with E-state index in [2.05, 4.69) is 12.2 Å². The van der Waals surface area contributed by atoms with Gasteiger partial charge in [0.25, 0.3) is 0 Å². The van der Waals surface area contributed by atoms with Crippen molar-refractivity contribution in [2.24, 2.45) is 0 Å². The van der Waals surface area contributed by atoms with Crippen LogP contribution in [0.4, 0.5) is 0 Å². The van der Waals surface area contributed by atoms with Crippen LogP contribution in [0.3, 0.4) is 0 Å². The summed E-state index contributed by atoms with van der Waals surface area (Å²) in [4.78, 5) is 11.2. The van der Waals surface area contributed by atoms with Crippen molar-refractivity contribution < 1.29 is 19.4 Å². The number of unbranched alkanes of at least 4 members (excludes halogenated alkanes) is 1. The SMILES string of the molecule is CC=CC(=O)OC(CC)OCC(O)CNCCCC. The molecule has 0 heterocycles. The van der Waals surface area contributed by atoms with Crippen molar-refractivity contribution in [2.75, 3.05) is 19.7 Å². The molecule has 2 atom stereocenters. The molecule has 0 rings (SSSR count). The molecule has 0 aliphatic heterocycles. The molecule has 5 heteroatoms. The molecule has 2 unspecified atom stereocenters. The molecule has 0 aromatic rings. The fourth-order valence-electron chi connectivity index (χ4n) is 1.39. The van der Waals surface area contributed by atoms with E-state index in [1.165, 1.54) is 6.08 Å². The lowest BCUT2D eigenvalue weighted by atomic mass is 10.3. The molecule has 0 saturated heterocycles. The zero-order valence-electron chi connectivity index (χ0n) is 12.2. The Morgan fingerprint density at radius 3 is 2.74 bits per heavy atom. The molecule has 2 N–H and O–H groups in total. The number of aliphatic hydroxyl groups is 1. The molecule has 19 heavy (non-hydrogen) atoms. The van der Waals surface area contributed by atoms with E-state index >= 15 is 0 Å². The number of aliphatic hydroxyl groups excluding tert-OH is 1. The van der Waals surface area contributed by atoms with E-state index in [0.717, 1.165) is 19.4 Å². The molecule has 0 aliphatic rings. The van der Waals surface area contributed by atoms with Crippen molar-refractivity contribution >= 4 is 5.97 Å². The minimum absolute atomic E-state index is 0.154. The molecule has 0 amide bonds. The maximum atomic E-state index is 11.2. The zero-order chi connectivity index (χ0) is 14.5. The van der Waals surface area contributed by atoms with Crippen LogP contribution in [0.2, 0.25) is 0 Å². The molecule has 0 saturated carbocycles. The molecule has 0 aliphatic carbocycles. The van der Waals surface area contributed by atoms with Gasteiger partial charge in [-0.2, -0.15) is 0 Å². The van der Waals surface area contributed by atoms with E-state index in [1.807, 2.05) is 6.92 Å². The van der Waals surface area contributed by atoms with Gasteiger partial charge in [-0.25, -0.2) is 4.79 Å². The highest BCUT2D eigenvalue weighted by atomic mass is 16.7. The minimum atomic E-state index is -0.603. The number of allylic oxidation sites excluding steroid dienone is 1. The fourth-order valence-corrected chi connectivity index (χ4v) is 1.39. The summed E-state index contributed by atoms with van der Waals surface area (Å²) in [6, 6.07) is 0.